The van der Waals surface area contributed by atoms with E-state index in [1.807, 2.05) is 6.07 Å². The Bertz CT molecular complexity index is 4590. The van der Waals surface area contributed by atoms with Gasteiger partial charge < -0.3 is 4.90 Å². The lowest BCUT2D eigenvalue weighted by Gasteiger charge is -2.38. The number of hydrogen-bond acceptors (Lipinski definition) is 1. The quantitative estimate of drug-likeness (QED) is 0.147. The first-order chi connectivity index (χ1) is 40.6. The molecule has 1 nitrogen and oxygen atoms in total. The van der Waals surface area contributed by atoms with Crippen LogP contribution in [0.15, 0.2) is 328 Å². The molecule has 2 aliphatic rings. The van der Waals surface area contributed by atoms with Crippen LogP contribution in [0.4, 0.5) is 17.1 Å². The second-order valence-corrected chi connectivity index (χ2v) is 21.9. The Labute approximate surface area is 484 Å². The molecule has 0 N–H and O–H groups in total. The Balaban J connectivity index is 0.000000162. The van der Waals surface area contributed by atoms with Crippen molar-refractivity contribution in [3.05, 3.63) is 377 Å². The van der Waals surface area contributed by atoms with E-state index in [1.165, 1.54) is 110 Å². The van der Waals surface area contributed by atoms with Gasteiger partial charge in [0.15, 0.2) is 0 Å². The largest absolute Gasteiger partial charge is 0.310 e. The van der Waals surface area contributed by atoms with Crippen LogP contribution in [-0.2, 0) is 10.8 Å². The van der Waals surface area contributed by atoms with E-state index in [4.69, 9.17) is 11.6 Å². The van der Waals surface area contributed by atoms with Crippen molar-refractivity contribution in [3.63, 3.8) is 0 Å². The highest BCUT2D eigenvalue weighted by Gasteiger charge is 2.50. The van der Waals surface area contributed by atoms with E-state index in [9.17, 15) is 0 Å². The SMILES string of the molecule is Clc1cccc2c1C(c1ccccc1)(c1ccccc1)c1ccc3ccccc3c1-2.c1ccc(-c2ccc(N(c3ccc4ccccc4c3)c3cccc4c3C(c3ccccc3)(c3ccccc3)c3ccc5ccccc5c3-4)cc2)cc1. The Morgan fingerprint density at radius 1 is 0.268 bits per heavy atom. The highest BCUT2D eigenvalue weighted by atomic mass is 35.5. The highest BCUT2D eigenvalue weighted by Crippen LogP contribution is 2.62. The molecule has 0 heterocycles. The number of halogens is 1. The second kappa shape index (κ2) is 20.2. The molecule has 0 aromatic heterocycles. The van der Waals surface area contributed by atoms with Crippen LogP contribution >= 0.6 is 11.6 Å². The predicted octanol–water partition coefficient (Wildman–Crippen LogP) is 21.3. The van der Waals surface area contributed by atoms with Crippen molar-refractivity contribution >= 4 is 61.0 Å². The fourth-order valence-electron chi connectivity index (χ4n) is 13.9. The number of rotatable bonds is 8. The van der Waals surface area contributed by atoms with Crippen molar-refractivity contribution in [2.45, 2.75) is 10.8 Å². The molecule has 0 bridgehead atoms. The topological polar surface area (TPSA) is 3.24 Å². The van der Waals surface area contributed by atoms with E-state index >= 15 is 0 Å². The molecule has 14 aromatic rings. The summed E-state index contributed by atoms with van der Waals surface area (Å²) in [5.74, 6) is 0. The molecule has 0 aliphatic heterocycles. The molecule has 0 spiro atoms. The standard InChI is InChI=1S/C51H35N.C29H19Cl/c1-4-15-36(16-5-1)38-27-31-43(32-28-38)52(44-33-29-37-17-10-11-19-40(37)35-44)48-26-14-25-46-49-45-24-13-12-18-39(45)30-34-47(49)51(50(46)48,41-20-6-2-7-21-41)42-22-8-3-9-23-42;30-26-17-9-16-24-27-23-15-8-7-10-20(23)18-19-25(27)29(28(24)26,21-11-3-1-4-12-21)22-13-5-2-6-14-22/h1-35H;1-19H. The maximum absolute atomic E-state index is 7.00. The summed E-state index contributed by atoms with van der Waals surface area (Å²) in [7, 11) is 0. The molecule has 14 aromatic carbocycles. The van der Waals surface area contributed by atoms with Crippen LogP contribution in [0.2, 0.25) is 5.02 Å². The van der Waals surface area contributed by atoms with Gasteiger partial charge in [0, 0.05) is 22.0 Å². The summed E-state index contributed by atoms with van der Waals surface area (Å²) in [5.41, 5.74) is 19.9. The third-order valence-corrected chi connectivity index (χ3v) is 17.6. The van der Waals surface area contributed by atoms with Crippen LogP contribution < -0.4 is 4.90 Å². The molecule has 0 atom stereocenters. The molecule has 386 valence electrons. The molecule has 16 rings (SSSR count). The van der Waals surface area contributed by atoms with Crippen molar-refractivity contribution in [2.75, 3.05) is 4.90 Å². The van der Waals surface area contributed by atoms with E-state index in [1.54, 1.807) is 0 Å². The summed E-state index contributed by atoms with van der Waals surface area (Å²) < 4.78 is 0. The van der Waals surface area contributed by atoms with Crippen LogP contribution in [0.5, 0.6) is 0 Å². The van der Waals surface area contributed by atoms with Gasteiger partial charge in [-0.1, -0.05) is 303 Å². The summed E-state index contributed by atoms with van der Waals surface area (Å²) in [6.45, 7) is 0. The summed E-state index contributed by atoms with van der Waals surface area (Å²) in [6, 6.07) is 119. The molecule has 0 radical (unpaired) electrons. The zero-order valence-electron chi connectivity index (χ0n) is 45.0. The van der Waals surface area contributed by atoms with Crippen molar-refractivity contribution < 1.29 is 0 Å². The number of benzene rings is 14. The maximum atomic E-state index is 7.00. The van der Waals surface area contributed by atoms with Gasteiger partial charge in [0.25, 0.3) is 0 Å². The summed E-state index contributed by atoms with van der Waals surface area (Å²) in [4.78, 5) is 2.48. The van der Waals surface area contributed by atoms with Crippen LogP contribution in [-0.4, -0.2) is 0 Å². The molecular weight excluding hydrogens is 1010 g/mol. The van der Waals surface area contributed by atoms with E-state index in [0.717, 1.165) is 22.1 Å². The molecule has 2 aliphatic carbocycles. The minimum atomic E-state index is -0.576. The lowest BCUT2D eigenvalue weighted by atomic mass is 9.67. The highest BCUT2D eigenvalue weighted by molar-refractivity contribution is 6.32. The number of fused-ring (bicyclic) bond motifs is 11. The molecule has 2 heteroatoms. The van der Waals surface area contributed by atoms with Crippen LogP contribution in [0.25, 0.3) is 65.7 Å². The van der Waals surface area contributed by atoms with Crippen LogP contribution in [0, 0.1) is 0 Å². The zero-order valence-corrected chi connectivity index (χ0v) is 45.8. The molecule has 0 amide bonds. The van der Waals surface area contributed by atoms with Gasteiger partial charge >= 0.3 is 0 Å². The minimum absolute atomic E-state index is 0.449. The predicted molar refractivity (Wildman–Crippen MR) is 345 cm³/mol. The Morgan fingerprint density at radius 3 is 1.18 bits per heavy atom. The molecule has 0 unspecified atom stereocenters. The molecule has 0 fully saturated rings. The van der Waals surface area contributed by atoms with E-state index < -0.39 is 10.8 Å². The Morgan fingerprint density at radius 2 is 0.659 bits per heavy atom. The van der Waals surface area contributed by atoms with Gasteiger partial charge in [-0.3, -0.25) is 0 Å². The summed E-state index contributed by atoms with van der Waals surface area (Å²) in [5, 5.41) is 8.29. The third-order valence-electron chi connectivity index (χ3n) is 17.3. The zero-order chi connectivity index (χ0) is 54.6. The Kier molecular flexibility index (Phi) is 12.1. The van der Waals surface area contributed by atoms with Gasteiger partial charge in [0.05, 0.1) is 16.5 Å². The monoisotopic (exact) mass is 1060 g/mol. The van der Waals surface area contributed by atoms with Crippen molar-refractivity contribution in [3.8, 4) is 33.4 Å². The normalized spacial score (nSPS) is 13.1. The first-order valence-corrected chi connectivity index (χ1v) is 28.6. The molecule has 82 heavy (non-hydrogen) atoms. The van der Waals surface area contributed by atoms with Crippen molar-refractivity contribution in [1.82, 2.24) is 0 Å². The van der Waals surface area contributed by atoms with Crippen molar-refractivity contribution in [1.29, 1.82) is 0 Å². The number of nitrogens with zero attached hydrogens (tertiary/aromatic N) is 1. The molecule has 0 saturated heterocycles. The van der Waals surface area contributed by atoms with Gasteiger partial charge in [0.2, 0.25) is 0 Å². The average Bonchev–Trinajstić information content (AvgIpc) is 1.87. The first-order valence-electron chi connectivity index (χ1n) is 28.3. The lowest BCUT2D eigenvalue weighted by molar-refractivity contribution is 0.768. The maximum Gasteiger partial charge on any atom is 0.0734 e. The van der Waals surface area contributed by atoms with Gasteiger partial charge in [-0.05, 0) is 141 Å². The summed E-state index contributed by atoms with van der Waals surface area (Å²) in [6.07, 6.45) is 0. The average molecular weight is 1060 g/mol. The number of anilines is 3. The first kappa shape index (κ1) is 49.0. The van der Waals surface area contributed by atoms with E-state index in [0.29, 0.717) is 0 Å². The fraction of sp³-hybridized carbons (Fsp3) is 0.0250. The van der Waals surface area contributed by atoms with E-state index in [2.05, 4.69) is 326 Å². The fourth-order valence-corrected chi connectivity index (χ4v) is 14.2. The number of hydrogen-bond donors (Lipinski definition) is 0. The van der Waals surface area contributed by atoms with Crippen LogP contribution in [0.1, 0.15) is 44.5 Å². The third kappa shape index (κ3) is 7.69. The summed E-state index contributed by atoms with van der Waals surface area (Å²) >= 11 is 7.00. The van der Waals surface area contributed by atoms with Crippen molar-refractivity contribution in [2.24, 2.45) is 0 Å². The Hall–Kier alpha value is -10.1. The van der Waals surface area contributed by atoms with Gasteiger partial charge in [0.1, 0.15) is 0 Å². The second-order valence-electron chi connectivity index (χ2n) is 21.5. The van der Waals surface area contributed by atoms with E-state index in [-0.39, 0.29) is 0 Å². The smallest absolute Gasteiger partial charge is 0.0734 e. The molecular formula is C80H54ClN. The molecule has 0 saturated carbocycles. The minimum Gasteiger partial charge on any atom is -0.310 e. The van der Waals surface area contributed by atoms with Crippen LogP contribution in [0.3, 0.4) is 0 Å². The van der Waals surface area contributed by atoms with Gasteiger partial charge in [-0.25, -0.2) is 0 Å². The van der Waals surface area contributed by atoms with Gasteiger partial charge in [-0.15, -0.1) is 0 Å². The lowest BCUT2D eigenvalue weighted by Crippen LogP contribution is -2.30. The van der Waals surface area contributed by atoms with Gasteiger partial charge in [-0.2, -0.15) is 0 Å².